The van der Waals surface area contributed by atoms with E-state index in [0.29, 0.717) is 5.56 Å². The molecule has 0 bridgehead atoms. The van der Waals surface area contributed by atoms with Crippen LogP contribution in [-0.4, -0.2) is 0 Å². The Kier molecular flexibility index (Phi) is 2.64. The highest BCUT2D eigenvalue weighted by molar-refractivity contribution is 7.10. The van der Waals surface area contributed by atoms with Gasteiger partial charge < -0.3 is 5.73 Å². The summed E-state index contributed by atoms with van der Waals surface area (Å²) in [4.78, 5) is 1.10. The van der Waals surface area contributed by atoms with E-state index in [4.69, 9.17) is 11.0 Å². The maximum absolute atomic E-state index is 8.52. The number of hydrogen-bond donors (Lipinski definition) is 1. The molecule has 0 aliphatic heterocycles. The van der Waals surface area contributed by atoms with Crippen molar-refractivity contribution in [1.82, 2.24) is 0 Å². The van der Waals surface area contributed by atoms with Gasteiger partial charge in [-0.25, -0.2) is 0 Å². The quantitative estimate of drug-likeness (QED) is 0.730. The van der Waals surface area contributed by atoms with Gasteiger partial charge in [-0.05, 0) is 12.5 Å². The van der Waals surface area contributed by atoms with Crippen molar-refractivity contribution in [1.29, 1.82) is 5.26 Å². The Hall–Kier alpha value is -0.850. The lowest BCUT2D eigenvalue weighted by Gasteiger charge is -2.02. The normalized spacial score (nSPS) is 12.5. The van der Waals surface area contributed by atoms with E-state index in [9.17, 15) is 0 Å². The van der Waals surface area contributed by atoms with E-state index in [1.165, 1.54) is 0 Å². The predicted octanol–water partition coefficient (Wildman–Crippen LogP) is 2.03. The smallest absolute Gasteiger partial charge is 0.100 e. The maximum atomic E-state index is 8.52. The van der Waals surface area contributed by atoms with Crippen molar-refractivity contribution >= 4 is 11.3 Å². The average Bonchev–Trinajstić information content (AvgIpc) is 2.50. The number of nitrogens with zero attached hydrogens (tertiary/aromatic N) is 1. The van der Waals surface area contributed by atoms with Crippen LogP contribution in [-0.2, 0) is 0 Å². The third-order valence-corrected chi connectivity index (χ3v) is 2.62. The molecule has 0 aliphatic rings. The van der Waals surface area contributed by atoms with Gasteiger partial charge in [0, 0.05) is 16.3 Å². The van der Waals surface area contributed by atoms with Crippen molar-refractivity contribution in [2.45, 2.75) is 19.4 Å². The SMILES string of the molecule is CCC(N)c1cc(C#N)cs1. The molecule has 0 saturated heterocycles. The van der Waals surface area contributed by atoms with Gasteiger partial charge in [0.15, 0.2) is 0 Å². The molecule has 0 amide bonds. The van der Waals surface area contributed by atoms with Crippen molar-refractivity contribution in [3.05, 3.63) is 21.9 Å². The number of hydrogen-bond acceptors (Lipinski definition) is 3. The van der Waals surface area contributed by atoms with E-state index >= 15 is 0 Å². The van der Waals surface area contributed by atoms with Gasteiger partial charge in [0.25, 0.3) is 0 Å². The van der Waals surface area contributed by atoms with Crippen molar-refractivity contribution in [2.24, 2.45) is 5.73 Å². The molecule has 2 nitrogen and oxygen atoms in total. The molecule has 58 valence electrons. The van der Waals surface area contributed by atoms with Crippen LogP contribution >= 0.6 is 11.3 Å². The number of thiophene rings is 1. The molecule has 0 aliphatic carbocycles. The number of nitriles is 1. The average molecular weight is 166 g/mol. The van der Waals surface area contributed by atoms with Gasteiger partial charge >= 0.3 is 0 Å². The first-order valence-electron chi connectivity index (χ1n) is 3.52. The second-order valence-corrected chi connectivity index (χ2v) is 3.31. The molecular weight excluding hydrogens is 156 g/mol. The van der Waals surface area contributed by atoms with E-state index in [-0.39, 0.29) is 6.04 Å². The van der Waals surface area contributed by atoms with Crippen molar-refractivity contribution in [2.75, 3.05) is 0 Å². The Morgan fingerprint density at radius 2 is 2.55 bits per heavy atom. The van der Waals surface area contributed by atoms with Crippen LogP contribution < -0.4 is 5.73 Å². The second kappa shape index (κ2) is 3.51. The fourth-order valence-electron chi connectivity index (χ4n) is 0.807. The molecule has 1 atom stereocenters. The Morgan fingerprint density at radius 3 is 3.00 bits per heavy atom. The zero-order chi connectivity index (χ0) is 8.27. The minimum Gasteiger partial charge on any atom is -0.323 e. The zero-order valence-electron chi connectivity index (χ0n) is 6.37. The van der Waals surface area contributed by atoms with Crippen molar-refractivity contribution in [3.8, 4) is 6.07 Å². The zero-order valence-corrected chi connectivity index (χ0v) is 7.19. The molecule has 0 saturated carbocycles. The summed E-state index contributed by atoms with van der Waals surface area (Å²) in [6, 6.07) is 4.04. The predicted molar refractivity (Wildman–Crippen MR) is 46.3 cm³/mol. The lowest BCUT2D eigenvalue weighted by Crippen LogP contribution is -2.05. The Bertz CT molecular complexity index is 272. The Labute approximate surface area is 70.3 Å². The molecule has 2 N–H and O–H groups in total. The summed E-state index contributed by atoms with van der Waals surface area (Å²) < 4.78 is 0. The van der Waals surface area contributed by atoms with E-state index in [0.717, 1.165) is 11.3 Å². The van der Waals surface area contributed by atoms with E-state index in [1.54, 1.807) is 11.3 Å². The Balaban J connectivity index is 2.82. The second-order valence-electron chi connectivity index (χ2n) is 2.36. The summed E-state index contributed by atoms with van der Waals surface area (Å²) in [6.07, 6.45) is 0.922. The highest BCUT2D eigenvalue weighted by atomic mass is 32.1. The molecule has 1 heterocycles. The lowest BCUT2D eigenvalue weighted by molar-refractivity contribution is 0.712. The fourth-order valence-corrected chi connectivity index (χ4v) is 1.73. The fraction of sp³-hybridized carbons (Fsp3) is 0.375. The van der Waals surface area contributed by atoms with Crippen LogP contribution in [0.25, 0.3) is 0 Å². The number of nitrogens with two attached hydrogens (primary N) is 1. The molecule has 1 unspecified atom stereocenters. The molecule has 0 fully saturated rings. The van der Waals surface area contributed by atoms with Gasteiger partial charge in [0.1, 0.15) is 6.07 Å². The summed E-state index contributed by atoms with van der Waals surface area (Å²) in [5.41, 5.74) is 6.48. The first-order valence-corrected chi connectivity index (χ1v) is 4.40. The van der Waals surface area contributed by atoms with Crippen molar-refractivity contribution in [3.63, 3.8) is 0 Å². The molecular formula is C8H10N2S. The van der Waals surface area contributed by atoms with Crippen LogP contribution in [0.3, 0.4) is 0 Å². The van der Waals surface area contributed by atoms with Crippen LogP contribution in [0.2, 0.25) is 0 Å². The molecule has 0 spiro atoms. The van der Waals surface area contributed by atoms with Crippen LogP contribution in [0.4, 0.5) is 0 Å². The van der Waals surface area contributed by atoms with E-state index in [2.05, 4.69) is 6.07 Å². The van der Waals surface area contributed by atoms with Crippen LogP contribution in [0.5, 0.6) is 0 Å². The van der Waals surface area contributed by atoms with Crippen LogP contribution in [0.1, 0.15) is 29.8 Å². The third kappa shape index (κ3) is 1.79. The summed E-state index contributed by atoms with van der Waals surface area (Å²) >= 11 is 1.56. The van der Waals surface area contributed by atoms with Crippen LogP contribution in [0, 0.1) is 11.3 Å². The highest BCUT2D eigenvalue weighted by Gasteiger charge is 2.05. The topological polar surface area (TPSA) is 49.8 Å². The van der Waals surface area contributed by atoms with Gasteiger partial charge in [0.05, 0.1) is 5.56 Å². The molecule has 3 heteroatoms. The minimum atomic E-state index is 0.0992. The summed E-state index contributed by atoms with van der Waals surface area (Å²) in [7, 11) is 0. The maximum Gasteiger partial charge on any atom is 0.100 e. The monoisotopic (exact) mass is 166 g/mol. The molecule has 1 rings (SSSR count). The number of rotatable bonds is 2. The molecule has 1 aromatic rings. The van der Waals surface area contributed by atoms with Gasteiger partial charge in [0.2, 0.25) is 0 Å². The lowest BCUT2D eigenvalue weighted by atomic mass is 10.2. The standard InChI is InChI=1S/C8H10N2S/c1-2-7(10)8-3-6(4-9)5-11-8/h3,5,7H,2,10H2,1H3. The van der Waals surface area contributed by atoms with Gasteiger partial charge in [-0.1, -0.05) is 6.92 Å². The first-order chi connectivity index (χ1) is 5.27. The Morgan fingerprint density at radius 1 is 1.82 bits per heavy atom. The van der Waals surface area contributed by atoms with Crippen molar-refractivity contribution < 1.29 is 0 Å². The van der Waals surface area contributed by atoms with Crippen LogP contribution in [0.15, 0.2) is 11.4 Å². The van der Waals surface area contributed by atoms with E-state index < -0.39 is 0 Å². The van der Waals surface area contributed by atoms with Gasteiger partial charge in [-0.15, -0.1) is 11.3 Å². The van der Waals surface area contributed by atoms with Gasteiger partial charge in [-0.3, -0.25) is 0 Å². The molecule has 0 radical (unpaired) electrons. The molecule has 1 aromatic heterocycles. The summed E-state index contributed by atoms with van der Waals surface area (Å²) in [6.45, 7) is 2.04. The highest BCUT2D eigenvalue weighted by Crippen LogP contribution is 2.21. The first kappa shape index (κ1) is 8.25. The minimum absolute atomic E-state index is 0.0992. The van der Waals surface area contributed by atoms with E-state index in [1.807, 2.05) is 18.4 Å². The largest absolute Gasteiger partial charge is 0.323 e. The summed E-state index contributed by atoms with van der Waals surface area (Å²) in [5.74, 6) is 0. The molecule has 0 aromatic carbocycles. The molecule has 11 heavy (non-hydrogen) atoms. The third-order valence-electron chi connectivity index (χ3n) is 1.55. The summed E-state index contributed by atoms with van der Waals surface area (Å²) in [5, 5.41) is 10.4. The van der Waals surface area contributed by atoms with Gasteiger partial charge in [-0.2, -0.15) is 5.26 Å².